The molecule has 0 aromatic heterocycles. The zero-order chi connectivity index (χ0) is 23.4. The lowest BCUT2D eigenvalue weighted by atomic mass is 10.1. The van der Waals surface area contributed by atoms with Crippen molar-refractivity contribution < 1.29 is 28.6 Å². The van der Waals surface area contributed by atoms with Crippen molar-refractivity contribution in [2.24, 2.45) is 0 Å². The predicted octanol–water partition coefficient (Wildman–Crippen LogP) is 4.31. The molecular weight excluding hydrogens is 444 g/mol. The summed E-state index contributed by atoms with van der Waals surface area (Å²) in [5, 5.41) is 2.20. The highest BCUT2D eigenvalue weighted by Gasteiger charge is 2.36. The molecule has 1 fully saturated rings. The van der Waals surface area contributed by atoms with Crippen molar-refractivity contribution in [3.8, 4) is 17.2 Å². The van der Waals surface area contributed by atoms with Crippen molar-refractivity contribution in [2.45, 2.75) is 26.4 Å². The first-order valence-corrected chi connectivity index (χ1v) is 11.5. The average molecular weight is 469 g/mol. The van der Waals surface area contributed by atoms with Crippen LogP contribution in [0.3, 0.4) is 0 Å². The van der Waals surface area contributed by atoms with Crippen LogP contribution in [-0.4, -0.2) is 47.8 Å². The number of imide groups is 1. The fourth-order valence-electron chi connectivity index (χ4n) is 3.25. The molecule has 2 aromatic carbocycles. The zero-order valence-electron chi connectivity index (χ0n) is 18.3. The van der Waals surface area contributed by atoms with Crippen LogP contribution < -0.4 is 19.5 Å². The average Bonchev–Trinajstić information content (AvgIpc) is 3.07. The standard InChI is InChI=1S/C24H24N2O6S/c1-3-15(2)32-18-7-5-4-6-16(18)12-21-23(28)26(24(29)33-21)14-22(27)25-17-8-9-19-20(13-17)31-11-10-30-19/h4-9,12-13,15H,3,10-11,14H2,1-2H3,(H,25,27)/b21-12+/t15-/m1/s1. The number of fused-ring (bicyclic) bond motifs is 1. The predicted molar refractivity (Wildman–Crippen MR) is 126 cm³/mol. The molecule has 9 heteroatoms. The van der Waals surface area contributed by atoms with Crippen molar-refractivity contribution in [3.63, 3.8) is 0 Å². The molecule has 172 valence electrons. The molecule has 33 heavy (non-hydrogen) atoms. The lowest BCUT2D eigenvalue weighted by Gasteiger charge is -2.19. The summed E-state index contributed by atoms with van der Waals surface area (Å²) in [5.74, 6) is 0.769. The topological polar surface area (TPSA) is 94.2 Å². The van der Waals surface area contributed by atoms with E-state index in [2.05, 4.69) is 5.32 Å². The number of anilines is 1. The van der Waals surface area contributed by atoms with Crippen molar-refractivity contribution in [1.82, 2.24) is 4.90 Å². The molecule has 1 N–H and O–H groups in total. The lowest BCUT2D eigenvalue weighted by Crippen LogP contribution is -2.36. The maximum absolute atomic E-state index is 12.8. The van der Waals surface area contributed by atoms with Gasteiger partial charge in [-0.2, -0.15) is 0 Å². The molecule has 2 heterocycles. The zero-order valence-corrected chi connectivity index (χ0v) is 19.1. The number of ether oxygens (including phenoxy) is 3. The smallest absolute Gasteiger partial charge is 0.294 e. The van der Waals surface area contributed by atoms with Crippen LogP contribution in [0.2, 0.25) is 0 Å². The fourth-order valence-corrected chi connectivity index (χ4v) is 4.08. The van der Waals surface area contributed by atoms with E-state index in [1.165, 1.54) is 0 Å². The number of para-hydroxylation sites is 1. The van der Waals surface area contributed by atoms with Crippen LogP contribution in [-0.2, 0) is 9.59 Å². The number of thioether (sulfide) groups is 1. The molecule has 1 atom stereocenters. The first-order valence-electron chi connectivity index (χ1n) is 10.6. The third kappa shape index (κ3) is 5.31. The van der Waals surface area contributed by atoms with Gasteiger partial charge in [-0.05, 0) is 49.4 Å². The Kier molecular flexibility index (Phi) is 6.88. The molecule has 1 saturated heterocycles. The Morgan fingerprint density at radius 1 is 1.18 bits per heavy atom. The van der Waals surface area contributed by atoms with Crippen LogP contribution in [0, 0.1) is 0 Å². The van der Waals surface area contributed by atoms with Crippen LogP contribution in [0.15, 0.2) is 47.4 Å². The molecule has 2 aliphatic rings. The molecule has 2 aromatic rings. The van der Waals surface area contributed by atoms with Gasteiger partial charge in [0.15, 0.2) is 11.5 Å². The van der Waals surface area contributed by atoms with Gasteiger partial charge in [0, 0.05) is 17.3 Å². The highest BCUT2D eigenvalue weighted by molar-refractivity contribution is 8.18. The van der Waals surface area contributed by atoms with Gasteiger partial charge in [-0.15, -0.1) is 0 Å². The third-order valence-electron chi connectivity index (χ3n) is 5.11. The monoisotopic (exact) mass is 468 g/mol. The number of rotatable bonds is 7. The second kappa shape index (κ2) is 9.99. The van der Waals surface area contributed by atoms with Gasteiger partial charge in [0.1, 0.15) is 25.5 Å². The number of amides is 3. The van der Waals surface area contributed by atoms with E-state index in [0.29, 0.717) is 41.7 Å². The largest absolute Gasteiger partial charge is 0.490 e. The van der Waals surface area contributed by atoms with E-state index in [1.54, 1.807) is 24.3 Å². The quantitative estimate of drug-likeness (QED) is 0.605. The summed E-state index contributed by atoms with van der Waals surface area (Å²) >= 11 is 0.803. The van der Waals surface area contributed by atoms with Crippen molar-refractivity contribution in [1.29, 1.82) is 0 Å². The van der Waals surface area contributed by atoms with Gasteiger partial charge in [-0.1, -0.05) is 25.1 Å². The van der Waals surface area contributed by atoms with Crippen molar-refractivity contribution in [2.75, 3.05) is 25.1 Å². The van der Waals surface area contributed by atoms with Gasteiger partial charge in [-0.3, -0.25) is 19.3 Å². The van der Waals surface area contributed by atoms with Gasteiger partial charge >= 0.3 is 0 Å². The van der Waals surface area contributed by atoms with E-state index >= 15 is 0 Å². The minimum atomic E-state index is -0.513. The van der Waals surface area contributed by atoms with Gasteiger partial charge in [0.2, 0.25) is 5.91 Å². The number of nitrogens with one attached hydrogen (secondary N) is 1. The number of nitrogens with zero attached hydrogens (tertiary/aromatic N) is 1. The van der Waals surface area contributed by atoms with Crippen LogP contribution in [0.25, 0.3) is 6.08 Å². The van der Waals surface area contributed by atoms with Crippen LogP contribution in [0.5, 0.6) is 17.2 Å². The van der Waals surface area contributed by atoms with Crippen LogP contribution >= 0.6 is 11.8 Å². The minimum absolute atomic E-state index is 0.0128. The normalized spacial score (nSPS) is 17.3. The van der Waals surface area contributed by atoms with E-state index < -0.39 is 17.1 Å². The van der Waals surface area contributed by atoms with Crippen molar-refractivity contribution in [3.05, 3.63) is 52.9 Å². The van der Waals surface area contributed by atoms with Gasteiger partial charge in [-0.25, -0.2) is 0 Å². The number of carbonyl (C=O) groups is 3. The molecule has 0 bridgehead atoms. The van der Waals surface area contributed by atoms with Gasteiger partial charge < -0.3 is 19.5 Å². The summed E-state index contributed by atoms with van der Waals surface area (Å²) in [6.07, 6.45) is 2.48. The van der Waals surface area contributed by atoms with Gasteiger partial charge in [0.05, 0.1) is 11.0 Å². The Morgan fingerprint density at radius 2 is 1.94 bits per heavy atom. The Balaban J connectivity index is 1.44. The summed E-state index contributed by atoms with van der Waals surface area (Å²) in [6.45, 7) is 4.50. The molecule has 8 nitrogen and oxygen atoms in total. The first kappa shape index (κ1) is 22.7. The lowest BCUT2D eigenvalue weighted by molar-refractivity contribution is -0.127. The van der Waals surface area contributed by atoms with E-state index in [4.69, 9.17) is 14.2 Å². The summed E-state index contributed by atoms with van der Waals surface area (Å²) in [5.41, 5.74) is 1.19. The fraction of sp³-hybridized carbons (Fsp3) is 0.292. The SMILES string of the molecule is CC[C@@H](C)Oc1ccccc1/C=C1/SC(=O)N(CC(=O)Nc2ccc3c(c2)OCCO3)C1=O. The number of hydrogen-bond donors (Lipinski definition) is 1. The molecule has 0 saturated carbocycles. The first-order chi connectivity index (χ1) is 15.9. The highest BCUT2D eigenvalue weighted by atomic mass is 32.2. The molecule has 0 aliphatic carbocycles. The summed E-state index contributed by atoms with van der Waals surface area (Å²) < 4.78 is 16.9. The molecule has 0 radical (unpaired) electrons. The second-order valence-corrected chi connectivity index (χ2v) is 8.54. The highest BCUT2D eigenvalue weighted by Crippen LogP contribution is 2.35. The molecule has 0 unspecified atom stereocenters. The van der Waals surface area contributed by atoms with Crippen LogP contribution in [0.4, 0.5) is 10.5 Å². The molecule has 0 spiro atoms. The minimum Gasteiger partial charge on any atom is -0.490 e. The van der Waals surface area contributed by atoms with Crippen molar-refractivity contribution >= 4 is 40.6 Å². The summed E-state index contributed by atoms with van der Waals surface area (Å²) in [4.78, 5) is 39.0. The van der Waals surface area contributed by atoms with E-state index in [0.717, 1.165) is 23.1 Å². The maximum atomic E-state index is 12.8. The number of carbonyl (C=O) groups excluding carboxylic acids is 3. The van der Waals surface area contributed by atoms with E-state index in [9.17, 15) is 14.4 Å². The number of hydrogen-bond acceptors (Lipinski definition) is 7. The number of benzene rings is 2. The molecule has 3 amide bonds. The third-order valence-corrected chi connectivity index (χ3v) is 6.02. The van der Waals surface area contributed by atoms with Crippen LogP contribution in [0.1, 0.15) is 25.8 Å². The maximum Gasteiger partial charge on any atom is 0.294 e. The second-order valence-electron chi connectivity index (χ2n) is 7.55. The molecule has 4 rings (SSSR count). The molecular formula is C24H24N2O6S. The van der Waals surface area contributed by atoms with E-state index in [1.807, 2.05) is 38.1 Å². The Bertz CT molecular complexity index is 1120. The summed E-state index contributed by atoms with van der Waals surface area (Å²) in [7, 11) is 0. The van der Waals surface area contributed by atoms with E-state index in [-0.39, 0.29) is 17.6 Å². The Labute approximate surface area is 195 Å². The van der Waals surface area contributed by atoms with Gasteiger partial charge in [0.25, 0.3) is 11.1 Å². The molecule has 2 aliphatic heterocycles. The Hall–Kier alpha value is -3.46. The summed E-state index contributed by atoms with van der Waals surface area (Å²) in [6, 6.07) is 12.3. The Morgan fingerprint density at radius 3 is 2.73 bits per heavy atom.